The van der Waals surface area contributed by atoms with Crippen LogP contribution >= 0.6 is 68.0 Å². The van der Waals surface area contributed by atoms with Crippen molar-refractivity contribution in [1.29, 1.82) is 0 Å². The number of hydrogen-bond acceptors (Lipinski definition) is 8. The van der Waals surface area contributed by atoms with Crippen LogP contribution in [-0.2, 0) is 0 Å². The van der Waals surface area contributed by atoms with Crippen LogP contribution in [0, 0.1) is 0 Å². The summed E-state index contributed by atoms with van der Waals surface area (Å²) in [5.41, 5.74) is 20.1. The lowest BCUT2D eigenvalue weighted by Gasteiger charge is -2.26. The summed E-state index contributed by atoms with van der Waals surface area (Å²) in [6.07, 6.45) is 0. The molecule has 6 aromatic heterocycles. The Labute approximate surface area is 526 Å². The van der Waals surface area contributed by atoms with Crippen LogP contribution in [0.4, 0.5) is 34.1 Å². The zero-order valence-corrected chi connectivity index (χ0v) is 51.3. The predicted octanol–water partition coefficient (Wildman–Crippen LogP) is 25.7. The van der Waals surface area contributed by atoms with Crippen LogP contribution in [0.1, 0.15) is 0 Å². The Hall–Kier alpha value is -9.22. The number of thiophene rings is 6. The molecule has 0 bridgehead atoms. The van der Waals surface area contributed by atoms with E-state index in [0.29, 0.717) is 0 Å². The van der Waals surface area contributed by atoms with E-state index >= 15 is 0 Å². The molecule has 0 saturated carbocycles. The van der Waals surface area contributed by atoms with Crippen molar-refractivity contribution >= 4 is 102 Å². The molecule has 15 rings (SSSR count). The third kappa shape index (κ3) is 11.2. The van der Waals surface area contributed by atoms with E-state index in [9.17, 15) is 0 Å². The third-order valence-corrected chi connectivity index (χ3v) is 21.9. The Morgan fingerprint density at radius 1 is 0.174 bits per heavy atom. The van der Waals surface area contributed by atoms with Crippen LogP contribution < -0.4 is 9.80 Å². The van der Waals surface area contributed by atoms with Crippen molar-refractivity contribution in [3.8, 4) is 105 Å². The molecule has 86 heavy (non-hydrogen) atoms. The van der Waals surface area contributed by atoms with Crippen LogP contribution in [0.2, 0.25) is 0 Å². The van der Waals surface area contributed by atoms with E-state index in [0.717, 1.165) is 34.1 Å². The first-order chi connectivity index (χ1) is 42.6. The Bertz CT molecular complexity index is 4470. The van der Waals surface area contributed by atoms with Gasteiger partial charge in [-0.1, -0.05) is 170 Å². The van der Waals surface area contributed by atoms with Crippen molar-refractivity contribution in [2.75, 3.05) is 9.80 Å². The fraction of sp³-hybridized carbons (Fsp3) is 0. The van der Waals surface area contributed by atoms with E-state index in [-0.39, 0.29) is 0 Å². The molecule has 410 valence electrons. The summed E-state index contributed by atoms with van der Waals surface area (Å²) in [6.45, 7) is 0. The second-order valence-corrected chi connectivity index (χ2v) is 27.0. The monoisotopic (exact) mass is 1210 g/mol. The van der Waals surface area contributed by atoms with Crippen molar-refractivity contribution in [1.82, 2.24) is 0 Å². The molecular formula is C78H52N2S6. The van der Waals surface area contributed by atoms with Gasteiger partial charge in [-0.05, 0) is 205 Å². The minimum atomic E-state index is 1.10. The van der Waals surface area contributed by atoms with Gasteiger partial charge in [-0.3, -0.25) is 0 Å². The summed E-state index contributed by atoms with van der Waals surface area (Å²) in [4.78, 5) is 16.1. The summed E-state index contributed by atoms with van der Waals surface area (Å²) >= 11 is 10.8. The summed E-state index contributed by atoms with van der Waals surface area (Å²) < 4.78 is 0. The number of benzene rings is 9. The maximum Gasteiger partial charge on any atom is 0.0462 e. The molecule has 0 atom stereocenters. The van der Waals surface area contributed by atoms with Crippen molar-refractivity contribution in [2.24, 2.45) is 0 Å². The molecule has 0 aliphatic rings. The van der Waals surface area contributed by atoms with Crippen molar-refractivity contribution in [2.45, 2.75) is 0 Å². The van der Waals surface area contributed by atoms with Crippen LogP contribution in [0.3, 0.4) is 0 Å². The Morgan fingerprint density at radius 2 is 0.430 bits per heavy atom. The van der Waals surface area contributed by atoms with Crippen LogP contribution in [0.15, 0.2) is 313 Å². The first-order valence-corrected chi connectivity index (χ1v) is 33.6. The molecule has 0 fully saturated rings. The highest BCUT2D eigenvalue weighted by atomic mass is 32.1. The fourth-order valence-electron chi connectivity index (χ4n) is 11.0. The third-order valence-electron chi connectivity index (χ3n) is 15.5. The molecule has 9 aromatic carbocycles. The van der Waals surface area contributed by atoms with E-state index in [2.05, 4.69) is 323 Å². The minimum absolute atomic E-state index is 1.10. The molecule has 8 heteroatoms. The molecule has 0 aliphatic carbocycles. The van der Waals surface area contributed by atoms with Crippen LogP contribution in [0.5, 0.6) is 0 Å². The van der Waals surface area contributed by atoms with Crippen LogP contribution in [-0.4, -0.2) is 0 Å². The molecule has 0 spiro atoms. The first-order valence-electron chi connectivity index (χ1n) is 28.5. The quantitative estimate of drug-likeness (QED) is 0.0951. The molecular weight excluding hydrogens is 1160 g/mol. The molecule has 2 nitrogen and oxygen atoms in total. The van der Waals surface area contributed by atoms with Gasteiger partial charge in [-0.15, -0.1) is 68.0 Å². The number of rotatable bonds is 16. The predicted molar refractivity (Wildman–Crippen MR) is 377 cm³/mol. The van der Waals surface area contributed by atoms with E-state index in [1.54, 1.807) is 34.0 Å². The number of hydrogen-bond donors (Lipinski definition) is 0. The summed E-state index contributed by atoms with van der Waals surface area (Å²) in [5, 5.41) is 6.55. The van der Waals surface area contributed by atoms with Crippen molar-refractivity contribution < 1.29 is 0 Å². The van der Waals surface area contributed by atoms with Gasteiger partial charge < -0.3 is 9.80 Å². The second-order valence-electron chi connectivity index (χ2n) is 20.9. The van der Waals surface area contributed by atoms with E-state index in [1.165, 1.54) is 105 Å². The smallest absolute Gasteiger partial charge is 0.0462 e. The van der Waals surface area contributed by atoms with Gasteiger partial charge in [0.25, 0.3) is 0 Å². The molecule has 0 amide bonds. The van der Waals surface area contributed by atoms with E-state index in [4.69, 9.17) is 0 Å². The average molecular weight is 1210 g/mol. The summed E-state index contributed by atoms with van der Waals surface area (Å²) in [5.74, 6) is 0. The van der Waals surface area contributed by atoms with Crippen LogP contribution in [0.25, 0.3) is 105 Å². The van der Waals surface area contributed by atoms with Crippen molar-refractivity contribution in [3.63, 3.8) is 0 Å². The van der Waals surface area contributed by atoms with Gasteiger partial charge in [-0.2, -0.15) is 0 Å². The largest absolute Gasteiger partial charge is 0.311 e. The summed E-state index contributed by atoms with van der Waals surface area (Å²) in [6, 6.07) is 109. The normalized spacial score (nSPS) is 11.3. The Kier molecular flexibility index (Phi) is 15.0. The van der Waals surface area contributed by atoms with Gasteiger partial charge in [0.15, 0.2) is 0 Å². The highest BCUT2D eigenvalue weighted by Gasteiger charge is 2.18. The lowest BCUT2D eigenvalue weighted by molar-refractivity contribution is 1.28. The fourth-order valence-corrected chi connectivity index (χ4v) is 16.5. The zero-order valence-electron chi connectivity index (χ0n) is 46.4. The van der Waals surface area contributed by atoms with E-state index < -0.39 is 0 Å². The van der Waals surface area contributed by atoms with Gasteiger partial charge in [0.1, 0.15) is 0 Å². The molecule has 0 aliphatic heterocycles. The van der Waals surface area contributed by atoms with Gasteiger partial charge in [-0.25, -0.2) is 0 Å². The first kappa shape index (κ1) is 53.5. The molecule has 0 radical (unpaired) electrons. The van der Waals surface area contributed by atoms with E-state index in [1.807, 2.05) is 34.0 Å². The van der Waals surface area contributed by atoms with Crippen molar-refractivity contribution in [3.05, 3.63) is 313 Å². The van der Waals surface area contributed by atoms with Gasteiger partial charge >= 0.3 is 0 Å². The van der Waals surface area contributed by atoms with Gasteiger partial charge in [0.2, 0.25) is 0 Å². The minimum Gasteiger partial charge on any atom is -0.311 e. The highest BCUT2D eigenvalue weighted by molar-refractivity contribution is 7.19. The lowest BCUT2D eigenvalue weighted by Crippen LogP contribution is -2.09. The Morgan fingerprint density at radius 3 is 0.721 bits per heavy atom. The summed E-state index contributed by atoms with van der Waals surface area (Å²) in [7, 11) is 0. The molecule has 0 unspecified atom stereocenters. The zero-order chi connectivity index (χ0) is 57.2. The molecule has 0 saturated heterocycles. The highest BCUT2D eigenvalue weighted by Crippen LogP contribution is 2.44. The second kappa shape index (κ2) is 24.0. The topological polar surface area (TPSA) is 6.48 Å². The molecule has 0 N–H and O–H groups in total. The molecule has 6 heterocycles. The SMILES string of the molecule is c1ccc(-c2ccc(-c3ccc(N(c4ccc(-c5ccc(-c6ccccc6)s5)cc4)c4ccc(-c5ccc(-c6ccc(-c7csc(-c8ccc(N(c9ccc(-c%10cccs%10)cc9)c9ccc(-c%10cccs%10)cc9)cc8)c7)cc6)s5)cc4)cc3)s2)cc1. The average Bonchev–Trinajstić information content (AvgIpc) is 4.41. The maximum absolute atomic E-state index is 2.37. The van der Waals surface area contributed by atoms with Gasteiger partial charge in [0, 0.05) is 78.0 Å². The maximum atomic E-state index is 2.37. The number of anilines is 6. The molecule has 15 aromatic rings. The lowest BCUT2D eigenvalue weighted by atomic mass is 10.0. The van der Waals surface area contributed by atoms with Gasteiger partial charge in [0.05, 0.1) is 0 Å². The Balaban J connectivity index is 0.653. The standard InChI is InChI=1S/C78H52N2S6/c1-3-9-54(10-4-1)72-43-45-75(84-72)59-23-35-66(36-24-59)80(67-37-25-60(26-38-67)76-46-44-73(85-76)55-11-5-2-6-12-55)68-39-27-61(28-40-68)77-48-47-74(86-77)58-17-15-53(16-18-58)63-51-78(83-52-63)62-29-41-69(42-30-62)79(64-31-19-56(20-32-64)70-13-7-49-81-70)65-33-21-57(22-34-65)71-14-8-50-82-71/h1-52H. The number of nitrogens with zero attached hydrogens (tertiary/aromatic N) is 2.